The summed E-state index contributed by atoms with van der Waals surface area (Å²) in [5, 5.41) is 4.62. The minimum atomic E-state index is 0.131. The van der Waals surface area contributed by atoms with Crippen LogP contribution < -0.4 is 10.2 Å². The van der Waals surface area contributed by atoms with Gasteiger partial charge < -0.3 is 10.2 Å². The van der Waals surface area contributed by atoms with Crippen LogP contribution >= 0.6 is 11.3 Å². The fourth-order valence-electron chi connectivity index (χ4n) is 2.01. The molecule has 0 aliphatic carbocycles. The van der Waals surface area contributed by atoms with Gasteiger partial charge in [-0.2, -0.15) is 0 Å². The number of anilines is 1. The summed E-state index contributed by atoms with van der Waals surface area (Å²) < 4.78 is 0. The molecule has 0 bridgehead atoms. The van der Waals surface area contributed by atoms with Crippen molar-refractivity contribution >= 4 is 16.5 Å². The first-order valence-corrected chi connectivity index (χ1v) is 8.13. The van der Waals surface area contributed by atoms with Crippen molar-refractivity contribution in [1.82, 2.24) is 10.3 Å². The molecule has 0 aliphatic rings. The van der Waals surface area contributed by atoms with Gasteiger partial charge in [-0.1, -0.05) is 30.3 Å². The number of hydrogen-bond donors (Lipinski definition) is 1. The van der Waals surface area contributed by atoms with E-state index in [1.54, 1.807) is 11.3 Å². The lowest BCUT2D eigenvalue weighted by atomic mass is 10.1. The van der Waals surface area contributed by atoms with Crippen LogP contribution in [0.25, 0.3) is 0 Å². The molecule has 0 saturated heterocycles. The Morgan fingerprint density at radius 3 is 2.48 bits per heavy atom. The maximum atomic E-state index is 4.71. The van der Waals surface area contributed by atoms with Crippen LogP contribution in [0.15, 0.2) is 30.3 Å². The van der Waals surface area contributed by atoms with Crippen LogP contribution in [0.2, 0.25) is 0 Å². The second-order valence-corrected chi connectivity index (χ2v) is 7.51. The Kier molecular flexibility index (Phi) is 5.01. The molecule has 114 valence electrons. The third kappa shape index (κ3) is 4.83. The van der Waals surface area contributed by atoms with E-state index in [4.69, 9.17) is 4.98 Å². The SMILES string of the molecule is Cc1nc(N(C)Cc2ccccc2)sc1CNC(C)(C)C. The molecule has 0 fully saturated rings. The van der Waals surface area contributed by atoms with E-state index in [-0.39, 0.29) is 5.54 Å². The van der Waals surface area contributed by atoms with Crippen LogP contribution in [0.3, 0.4) is 0 Å². The molecule has 0 unspecified atom stereocenters. The van der Waals surface area contributed by atoms with Crippen molar-refractivity contribution in [1.29, 1.82) is 0 Å². The average molecular weight is 303 g/mol. The Morgan fingerprint density at radius 1 is 1.19 bits per heavy atom. The normalized spacial score (nSPS) is 11.7. The van der Waals surface area contributed by atoms with Crippen molar-refractivity contribution in [2.45, 2.75) is 46.3 Å². The van der Waals surface area contributed by atoms with E-state index in [2.05, 4.69) is 69.2 Å². The molecule has 21 heavy (non-hydrogen) atoms. The first-order chi connectivity index (χ1) is 9.85. The summed E-state index contributed by atoms with van der Waals surface area (Å²) in [4.78, 5) is 8.25. The Hall–Kier alpha value is -1.39. The zero-order valence-electron chi connectivity index (χ0n) is 13.6. The van der Waals surface area contributed by atoms with Gasteiger partial charge in [0.1, 0.15) is 0 Å². The van der Waals surface area contributed by atoms with E-state index in [0.717, 1.165) is 23.9 Å². The second kappa shape index (κ2) is 6.58. The first kappa shape index (κ1) is 16.0. The number of nitrogens with one attached hydrogen (secondary N) is 1. The zero-order valence-corrected chi connectivity index (χ0v) is 14.4. The maximum Gasteiger partial charge on any atom is 0.185 e. The minimum Gasteiger partial charge on any atom is -0.347 e. The lowest BCUT2D eigenvalue weighted by molar-refractivity contribution is 0.425. The van der Waals surface area contributed by atoms with Gasteiger partial charge in [-0.3, -0.25) is 0 Å². The van der Waals surface area contributed by atoms with Crippen LogP contribution in [0.4, 0.5) is 5.13 Å². The van der Waals surface area contributed by atoms with E-state index in [1.807, 2.05) is 6.07 Å². The predicted octanol–water partition coefficient (Wildman–Crippen LogP) is 3.98. The molecule has 0 aliphatic heterocycles. The molecule has 1 N–H and O–H groups in total. The largest absolute Gasteiger partial charge is 0.347 e. The van der Waals surface area contributed by atoms with Crippen LogP contribution in [-0.2, 0) is 13.1 Å². The average Bonchev–Trinajstić information content (AvgIpc) is 2.78. The fraction of sp³-hybridized carbons (Fsp3) is 0.471. The van der Waals surface area contributed by atoms with Gasteiger partial charge in [-0.25, -0.2) is 4.98 Å². The predicted molar refractivity (Wildman–Crippen MR) is 92.0 cm³/mol. The summed E-state index contributed by atoms with van der Waals surface area (Å²) in [7, 11) is 2.10. The van der Waals surface area contributed by atoms with Crippen molar-refractivity contribution in [2.75, 3.05) is 11.9 Å². The minimum absolute atomic E-state index is 0.131. The number of aryl methyl sites for hydroxylation is 1. The second-order valence-electron chi connectivity index (χ2n) is 6.45. The number of aromatic nitrogens is 1. The quantitative estimate of drug-likeness (QED) is 0.905. The molecule has 2 aromatic rings. The van der Waals surface area contributed by atoms with Gasteiger partial charge in [-0.15, -0.1) is 11.3 Å². The Labute approximate surface area is 132 Å². The highest BCUT2D eigenvalue weighted by Gasteiger charge is 2.14. The maximum absolute atomic E-state index is 4.71. The van der Waals surface area contributed by atoms with Crippen molar-refractivity contribution < 1.29 is 0 Å². The molecule has 0 amide bonds. The molecule has 3 nitrogen and oxygen atoms in total. The molecular weight excluding hydrogens is 278 g/mol. The first-order valence-electron chi connectivity index (χ1n) is 7.31. The van der Waals surface area contributed by atoms with Crippen LogP contribution in [0.1, 0.15) is 36.9 Å². The summed E-state index contributed by atoms with van der Waals surface area (Å²) in [6, 6.07) is 10.5. The molecule has 0 radical (unpaired) electrons. The van der Waals surface area contributed by atoms with Gasteiger partial charge in [-0.05, 0) is 33.3 Å². The summed E-state index contributed by atoms with van der Waals surface area (Å²) in [5.41, 5.74) is 2.57. The van der Waals surface area contributed by atoms with Crippen molar-refractivity contribution in [3.63, 3.8) is 0 Å². The highest BCUT2D eigenvalue weighted by molar-refractivity contribution is 7.15. The fourth-order valence-corrected chi connectivity index (χ4v) is 2.97. The molecule has 0 spiro atoms. The summed E-state index contributed by atoms with van der Waals surface area (Å²) in [6.07, 6.45) is 0. The lowest BCUT2D eigenvalue weighted by Crippen LogP contribution is -2.34. The van der Waals surface area contributed by atoms with Crippen molar-refractivity contribution in [3.8, 4) is 0 Å². The van der Waals surface area contributed by atoms with Crippen LogP contribution in [0.5, 0.6) is 0 Å². The van der Waals surface area contributed by atoms with Gasteiger partial charge in [0.15, 0.2) is 5.13 Å². The topological polar surface area (TPSA) is 28.2 Å². The highest BCUT2D eigenvalue weighted by Crippen LogP contribution is 2.26. The summed E-state index contributed by atoms with van der Waals surface area (Å²) >= 11 is 1.78. The monoisotopic (exact) mass is 303 g/mol. The Bertz CT molecular complexity index is 569. The van der Waals surface area contributed by atoms with Gasteiger partial charge in [0.05, 0.1) is 5.69 Å². The van der Waals surface area contributed by atoms with E-state index >= 15 is 0 Å². The summed E-state index contributed by atoms with van der Waals surface area (Å²) in [5.74, 6) is 0. The number of rotatable bonds is 5. The van der Waals surface area contributed by atoms with Crippen molar-refractivity contribution in [3.05, 3.63) is 46.5 Å². The van der Waals surface area contributed by atoms with Gasteiger partial charge in [0.2, 0.25) is 0 Å². The molecule has 0 atom stereocenters. The van der Waals surface area contributed by atoms with Crippen molar-refractivity contribution in [2.24, 2.45) is 0 Å². The summed E-state index contributed by atoms with van der Waals surface area (Å²) in [6.45, 7) is 10.4. The van der Waals surface area contributed by atoms with E-state index in [9.17, 15) is 0 Å². The molecule has 1 aromatic carbocycles. The number of hydrogen-bond acceptors (Lipinski definition) is 4. The molecule has 4 heteroatoms. The van der Waals surface area contributed by atoms with Crippen LogP contribution in [-0.4, -0.2) is 17.6 Å². The number of nitrogens with zero attached hydrogens (tertiary/aromatic N) is 2. The molecular formula is C17H25N3S. The Morgan fingerprint density at radius 2 is 1.86 bits per heavy atom. The zero-order chi connectivity index (χ0) is 15.5. The third-order valence-electron chi connectivity index (χ3n) is 3.25. The molecule has 1 aromatic heterocycles. The highest BCUT2D eigenvalue weighted by atomic mass is 32.1. The third-order valence-corrected chi connectivity index (χ3v) is 4.52. The molecule has 1 heterocycles. The Balaban J connectivity index is 2.04. The molecule has 2 rings (SSSR count). The molecule has 0 saturated carbocycles. The van der Waals surface area contributed by atoms with E-state index in [1.165, 1.54) is 10.4 Å². The van der Waals surface area contributed by atoms with Gasteiger partial charge in [0.25, 0.3) is 0 Å². The van der Waals surface area contributed by atoms with Gasteiger partial charge >= 0.3 is 0 Å². The standard InChI is InChI=1S/C17H25N3S/c1-13-15(11-18-17(2,3)4)21-16(19-13)20(5)12-14-9-7-6-8-10-14/h6-10,18H,11-12H2,1-5H3. The number of thiazole rings is 1. The van der Waals surface area contributed by atoms with Crippen LogP contribution in [0, 0.1) is 6.92 Å². The smallest absolute Gasteiger partial charge is 0.185 e. The van der Waals surface area contributed by atoms with Gasteiger partial charge in [0, 0.05) is 30.6 Å². The lowest BCUT2D eigenvalue weighted by Gasteiger charge is -2.20. The van der Waals surface area contributed by atoms with E-state index < -0.39 is 0 Å². The van der Waals surface area contributed by atoms with E-state index in [0.29, 0.717) is 0 Å². The number of benzene rings is 1.